The Morgan fingerprint density at radius 1 is 1.09 bits per heavy atom. The average Bonchev–Trinajstić information content (AvgIpc) is 3.56. The smallest absolute Gasteiger partial charge is 0.318 e. The summed E-state index contributed by atoms with van der Waals surface area (Å²) in [5, 5.41) is 6.57. The largest absolute Gasteiger partial charge is 0.496 e. The summed E-state index contributed by atoms with van der Waals surface area (Å²) >= 11 is 0. The third-order valence-corrected chi connectivity index (χ3v) is 8.89. The number of aromatic nitrogens is 2. The van der Waals surface area contributed by atoms with Crippen molar-refractivity contribution >= 4 is 28.7 Å². The Labute approximate surface area is 256 Å². The number of fused-ring (bicyclic) bond motifs is 3. The van der Waals surface area contributed by atoms with Crippen molar-refractivity contribution in [1.29, 1.82) is 0 Å². The molecule has 11 heteroatoms. The molecule has 2 aliphatic heterocycles. The molecule has 1 saturated carbocycles. The number of hydrogen-bond donors (Lipinski definition) is 3. The molecular weight excluding hydrogens is 560 g/mol. The zero-order chi connectivity index (χ0) is 30.8. The lowest BCUT2D eigenvalue weighted by molar-refractivity contribution is -0.130. The number of primary amides is 1. The van der Waals surface area contributed by atoms with E-state index in [1.165, 1.54) is 4.90 Å². The van der Waals surface area contributed by atoms with Gasteiger partial charge in [-0.25, -0.2) is 9.78 Å². The first kappa shape index (κ1) is 29.4. The van der Waals surface area contributed by atoms with Crippen LogP contribution in [0.25, 0.3) is 22.3 Å². The maximum absolute atomic E-state index is 13.7. The van der Waals surface area contributed by atoms with Crippen LogP contribution in [0.5, 0.6) is 11.6 Å². The molecule has 44 heavy (non-hydrogen) atoms. The predicted octanol–water partition coefficient (Wildman–Crippen LogP) is 3.64. The number of aryl methyl sites for hydroxylation is 1. The molecule has 0 radical (unpaired) electrons. The average molecular weight is 599 g/mol. The van der Waals surface area contributed by atoms with Gasteiger partial charge in [-0.05, 0) is 44.7 Å². The number of benzene rings is 2. The first-order chi connectivity index (χ1) is 21.3. The van der Waals surface area contributed by atoms with Gasteiger partial charge < -0.3 is 30.7 Å². The molecule has 4 N–H and O–H groups in total. The Kier molecular flexibility index (Phi) is 8.11. The van der Waals surface area contributed by atoms with Crippen LogP contribution in [0.2, 0.25) is 0 Å². The number of carbonyl (C=O) groups excluding carboxylic acids is 3. The summed E-state index contributed by atoms with van der Waals surface area (Å²) in [7, 11) is 1.61. The summed E-state index contributed by atoms with van der Waals surface area (Å²) in [6, 6.07) is 12.1. The van der Waals surface area contributed by atoms with Crippen molar-refractivity contribution < 1.29 is 23.9 Å². The quantitative estimate of drug-likeness (QED) is 0.380. The Bertz CT molecular complexity index is 1610. The second-order valence-corrected chi connectivity index (χ2v) is 11.8. The highest BCUT2D eigenvalue weighted by Gasteiger charge is 2.60. The fraction of sp³-hybridized carbons (Fsp3) is 0.424. The first-order valence-electron chi connectivity index (χ1n) is 15.2. The minimum absolute atomic E-state index is 0.158. The monoisotopic (exact) mass is 598 g/mol. The summed E-state index contributed by atoms with van der Waals surface area (Å²) in [6.07, 6.45) is 7.79. The van der Waals surface area contributed by atoms with E-state index in [2.05, 4.69) is 16.7 Å². The SMILES string of the molecule is COc1ccc2c(OC3CC4C(=O)NC5(C(N)=O)CC5C=CCCCCCNC(=O)N4C3)nc(-c3ccccc3)nc2c1C. The number of allylic oxidation sites excluding steroid dienone is 1. The molecular formula is C33H38N6O5. The van der Waals surface area contributed by atoms with E-state index in [1.54, 1.807) is 7.11 Å². The van der Waals surface area contributed by atoms with Crippen LogP contribution >= 0.6 is 0 Å². The highest BCUT2D eigenvalue weighted by atomic mass is 16.5. The van der Waals surface area contributed by atoms with Gasteiger partial charge in [-0.15, -0.1) is 0 Å². The number of urea groups is 1. The zero-order valence-corrected chi connectivity index (χ0v) is 25.0. The van der Waals surface area contributed by atoms with Gasteiger partial charge in [-0.2, -0.15) is 4.98 Å². The molecule has 2 fully saturated rings. The van der Waals surface area contributed by atoms with Crippen LogP contribution in [0.3, 0.4) is 0 Å². The lowest BCUT2D eigenvalue weighted by atomic mass is 10.1. The van der Waals surface area contributed by atoms with Crippen molar-refractivity contribution in [3.05, 3.63) is 60.2 Å². The van der Waals surface area contributed by atoms with Crippen LogP contribution in [0.1, 0.15) is 44.1 Å². The van der Waals surface area contributed by atoms with E-state index in [0.717, 1.165) is 36.8 Å². The summed E-state index contributed by atoms with van der Waals surface area (Å²) < 4.78 is 12.1. The Morgan fingerprint density at radius 2 is 1.91 bits per heavy atom. The molecule has 0 bridgehead atoms. The highest BCUT2D eigenvalue weighted by Crippen LogP contribution is 2.45. The van der Waals surface area contributed by atoms with Gasteiger partial charge in [0, 0.05) is 30.0 Å². The fourth-order valence-corrected chi connectivity index (χ4v) is 6.26. The third-order valence-electron chi connectivity index (χ3n) is 8.89. The minimum Gasteiger partial charge on any atom is -0.496 e. The fourth-order valence-electron chi connectivity index (χ4n) is 6.26. The summed E-state index contributed by atoms with van der Waals surface area (Å²) in [6.45, 7) is 2.60. The van der Waals surface area contributed by atoms with Gasteiger partial charge >= 0.3 is 6.03 Å². The van der Waals surface area contributed by atoms with Crippen LogP contribution in [0, 0.1) is 12.8 Å². The topological polar surface area (TPSA) is 149 Å². The molecule has 3 aliphatic rings. The zero-order valence-electron chi connectivity index (χ0n) is 25.0. The molecule has 4 unspecified atom stereocenters. The van der Waals surface area contributed by atoms with Gasteiger partial charge in [0.1, 0.15) is 23.4 Å². The van der Waals surface area contributed by atoms with Crippen molar-refractivity contribution in [3.63, 3.8) is 0 Å². The van der Waals surface area contributed by atoms with E-state index >= 15 is 0 Å². The van der Waals surface area contributed by atoms with E-state index in [0.29, 0.717) is 41.3 Å². The van der Waals surface area contributed by atoms with Crippen LogP contribution < -0.4 is 25.8 Å². The van der Waals surface area contributed by atoms with Gasteiger partial charge in [-0.1, -0.05) is 48.9 Å². The lowest BCUT2D eigenvalue weighted by Gasteiger charge is -2.26. The summed E-state index contributed by atoms with van der Waals surface area (Å²) in [4.78, 5) is 50.8. The Hall–Kier alpha value is -4.67. The summed E-state index contributed by atoms with van der Waals surface area (Å²) in [5.74, 6) is 0.386. The van der Waals surface area contributed by atoms with Gasteiger partial charge in [-0.3, -0.25) is 9.59 Å². The predicted molar refractivity (Wildman–Crippen MR) is 165 cm³/mol. The number of hydrogen-bond acceptors (Lipinski definition) is 7. The Balaban J connectivity index is 1.32. The molecule has 3 heterocycles. The van der Waals surface area contributed by atoms with E-state index in [1.807, 2.05) is 55.5 Å². The van der Waals surface area contributed by atoms with Crippen LogP contribution in [-0.4, -0.2) is 70.6 Å². The third kappa shape index (κ3) is 5.66. The number of nitrogens with two attached hydrogens (primary N) is 1. The number of nitrogens with zero attached hydrogens (tertiary/aromatic N) is 3. The van der Waals surface area contributed by atoms with Crippen LogP contribution in [0.15, 0.2) is 54.6 Å². The van der Waals surface area contributed by atoms with Crippen molar-refractivity contribution in [2.75, 3.05) is 20.2 Å². The maximum Gasteiger partial charge on any atom is 0.318 e. The number of rotatable bonds is 5. The van der Waals surface area contributed by atoms with Gasteiger partial charge in [0.15, 0.2) is 5.82 Å². The molecule has 1 aromatic heterocycles. The molecule has 3 aromatic rings. The van der Waals surface area contributed by atoms with E-state index in [-0.39, 0.29) is 24.9 Å². The van der Waals surface area contributed by atoms with Gasteiger partial charge in [0.2, 0.25) is 17.7 Å². The summed E-state index contributed by atoms with van der Waals surface area (Å²) in [5.41, 5.74) is 7.00. The minimum atomic E-state index is -1.14. The second kappa shape index (κ2) is 12.1. The van der Waals surface area contributed by atoms with Gasteiger partial charge in [0.05, 0.1) is 24.6 Å². The standard InChI is InChI=1S/C33H38N6O5/c1-20-26(43-2)15-14-24-27(20)36-28(21-11-7-6-8-12-21)37-30(24)44-23-17-25-29(40)38-33(31(34)41)18-22(33)13-9-4-3-5-10-16-35-32(42)39(25)19-23/h6-9,11-15,22-23,25H,3-5,10,16-19H2,1-2H3,(H2,34,41)(H,35,42)(H,38,40). The molecule has 4 amide bonds. The van der Waals surface area contributed by atoms with Gasteiger partial charge in [0.25, 0.3) is 0 Å². The number of nitrogens with one attached hydrogen (secondary N) is 2. The van der Waals surface area contributed by atoms with E-state index < -0.39 is 29.5 Å². The lowest BCUT2D eigenvalue weighted by Crippen LogP contribution is -2.55. The number of amides is 4. The highest BCUT2D eigenvalue weighted by molar-refractivity contribution is 5.97. The number of methoxy groups -OCH3 is 1. The van der Waals surface area contributed by atoms with Crippen molar-refractivity contribution in [2.24, 2.45) is 11.7 Å². The molecule has 6 rings (SSSR count). The second-order valence-electron chi connectivity index (χ2n) is 11.8. The number of carbonyl (C=O) groups is 3. The van der Waals surface area contributed by atoms with E-state index in [4.69, 9.17) is 25.2 Å². The molecule has 1 aliphatic carbocycles. The van der Waals surface area contributed by atoms with Crippen LogP contribution in [-0.2, 0) is 9.59 Å². The molecule has 11 nitrogen and oxygen atoms in total. The van der Waals surface area contributed by atoms with Crippen molar-refractivity contribution in [2.45, 2.75) is 63.1 Å². The molecule has 2 aromatic carbocycles. The molecule has 0 spiro atoms. The Morgan fingerprint density at radius 3 is 2.68 bits per heavy atom. The maximum atomic E-state index is 13.7. The first-order valence-corrected chi connectivity index (χ1v) is 15.2. The molecule has 1 saturated heterocycles. The molecule has 230 valence electrons. The normalized spacial score (nSPS) is 25.6. The van der Waals surface area contributed by atoms with E-state index in [9.17, 15) is 14.4 Å². The van der Waals surface area contributed by atoms with Crippen LogP contribution in [0.4, 0.5) is 4.79 Å². The number of ether oxygens (including phenoxy) is 2. The van der Waals surface area contributed by atoms with Crippen molar-refractivity contribution in [3.8, 4) is 23.0 Å². The van der Waals surface area contributed by atoms with Crippen molar-refractivity contribution in [1.82, 2.24) is 25.5 Å². The molecule has 4 atom stereocenters.